The summed E-state index contributed by atoms with van der Waals surface area (Å²) in [6.07, 6.45) is 0. The second-order valence-electron chi connectivity index (χ2n) is 5.03. The second kappa shape index (κ2) is 8.61. The number of ether oxygens (including phenoxy) is 2. The van der Waals surface area contributed by atoms with Gasteiger partial charge in [0, 0.05) is 5.69 Å². The smallest absolute Gasteiger partial charge is 0.397 e. The molecule has 2 aromatic rings. The summed E-state index contributed by atoms with van der Waals surface area (Å²) < 4.78 is 10.1. The maximum atomic E-state index is 11.7. The van der Waals surface area contributed by atoms with Crippen LogP contribution in [0.25, 0.3) is 0 Å². The van der Waals surface area contributed by atoms with Gasteiger partial charge in [-0.15, -0.1) is 0 Å². The number of nitrogens with one attached hydrogen (secondary N) is 1. The number of hydrogen-bond acceptors (Lipinski definition) is 6. The lowest BCUT2D eigenvalue weighted by Crippen LogP contribution is -2.24. The molecule has 2 aromatic carbocycles. The molecule has 0 aliphatic heterocycles. The van der Waals surface area contributed by atoms with Crippen molar-refractivity contribution in [1.82, 2.24) is 0 Å². The fourth-order valence-electron chi connectivity index (χ4n) is 1.98. The average molecular weight is 414 g/mol. The zero-order valence-electron chi connectivity index (χ0n) is 13.8. The minimum absolute atomic E-state index is 0.00510. The zero-order valence-corrected chi connectivity index (χ0v) is 15.3. The number of hydrogen-bond donors (Lipinski definition) is 3. The highest BCUT2D eigenvalue weighted by Crippen LogP contribution is 2.39. The Morgan fingerprint density at radius 3 is 2.30 bits per heavy atom. The van der Waals surface area contributed by atoms with E-state index < -0.39 is 23.6 Å². The minimum Gasteiger partial charge on any atom is -0.507 e. The number of aromatic hydroxyl groups is 1. The van der Waals surface area contributed by atoms with Crippen molar-refractivity contribution in [2.75, 3.05) is 11.9 Å². The molecule has 0 saturated heterocycles. The Morgan fingerprint density at radius 2 is 1.74 bits per heavy atom. The van der Waals surface area contributed by atoms with Crippen molar-refractivity contribution < 1.29 is 34.1 Å². The van der Waals surface area contributed by atoms with E-state index in [0.29, 0.717) is 0 Å². The standard InChI is InChI=1S/C17H13Cl2NO7/c1-2-26-17(25)15(22)20-8-5-11(18)14(12(19)6-8)27-9-3-4-13(21)10(7-9)16(23)24/h3-7,21H,2H2,1H3,(H,20,22)(H,23,24). The number of aromatic carboxylic acids is 1. The van der Waals surface area contributed by atoms with E-state index in [-0.39, 0.29) is 39.4 Å². The van der Waals surface area contributed by atoms with Gasteiger partial charge in [-0.25, -0.2) is 9.59 Å². The van der Waals surface area contributed by atoms with Crippen molar-refractivity contribution >= 4 is 46.7 Å². The predicted molar refractivity (Wildman–Crippen MR) is 96.9 cm³/mol. The van der Waals surface area contributed by atoms with Crippen LogP contribution in [0.3, 0.4) is 0 Å². The quantitative estimate of drug-likeness (QED) is 0.504. The van der Waals surface area contributed by atoms with Gasteiger partial charge in [0.1, 0.15) is 17.1 Å². The number of carboxylic acids is 1. The van der Waals surface area contributed by atoms with Crippen LogP contribution in [0, 0.1) is 0 Å². The van der Waals surface area contributed by atoms with E-state index in [4.69, 9.17) is 33.0 Å². The van der Waals surface area contributed by atoms with Crippen molar-refractivity contribution in [1.29, 1.82) is 0 Å². The summed E-state index contributed by atoms with van der Waals surface area (Å²) >= 11 is 12.2. The Balaban J connectivity index is 2.25. The van der Waals surface area contributed by atoms with Crippen molar-refractivity contribution in [3.8, 4) is 17.2 Å². The summed E-state index contributed by atoms with van der Waals surface area (Å²) in [7, 11) is 0. The van der Waals surface area contributed by atoms with Gasteiger partial charge in [0.15, 0.2) is 5.75 Å². The first-order chi connectivity index (χ1) is 12.7. The number of carbonyl (C=O) groups is 3. The molecule has 1 amide bonds. The molecule has 0 bridgehead atoms. The monoisotopic (exact) mass is 413 g/mol. The van der Waals surface area contributed by atoms with Crippen LogP contribution in [0.2, 0.25) is 10.0 Å². The van der Waals surface area contributed by atoms with Crippen LogP contribution < -0.4 is 10.1 Å². The molecule has 3 N–H and O–H groups in total. The summed E-state index contributed by atoms with van der Waals surface area (Å²) in [6, 6.07) is 6.15. The molecule has 0 fully saturated rings. The highest BCUT2D eigenvalue weighted by Gasteiger charge is 2.18. The lowest BCUT2D eigenvalue weighted by molar-refractivity contribution is -0.152. The molecule has 0 aromatic heterocycles. The molecule has 0 unspecified atom stereocenters. The number of carboxylic acid groups (broad SMARTS) is 1. The number of esters is 1. The highest BCUT2D eigenvalue weighted by atomic mass is 35.5. The summed E-state index contributed by atoms with van der Waals surface area (Å²) in [5.41, 5.74) is -0.231. The lowest BCUT2D eigenvalue weighted by Gasteiger charge is -2.13. The Hall–Kier alpha value is -2.97. The van der Waals surface area contributed by atoms with E-state index in [0.717, 1.165) is 12.1 Å². The molecular weight excluding hydrogens is 401 g/mol. The largest absolute Gasteiger partial charge is 0.507 e. The van der Waals surface area contributed by atoms with E-state index >= 15 is 0 Å². The number of anilines is 1. The summed E-state index contributed by atoms with van der Waals surface area (Å²) in [5, 5.41) is 20.8. The van der Waals surface area contributed by atoms with Gasteiger partial charge in [-0.05, 0) is 37.3 Å². The Morgan fingerprint density at radius 1 is 1.11 bits per heavy atom. The first kappa shape index (κ1) is 20.3. The molecule has 8 nitrogen and oxygen atoms in total. The third kappa shape index (κ3) is 5.02. The number of halogens is 2. The maximum Gasteiger partial charge on any atom is 0.397 e. The van der Waals surface area contributed by atoms with Gasteiger partial charge < -0.3 is 25.0 Å². The normalized spacial score (nSPS) is 10.2. The molecular formula is C17H13Cl2NO7. The molecule has 27 heavy (non-hydrogen) atoms. The van der Waals surface area contributed by atoms with Gasteiger partial charge >= 0.3 is 17.8 Å². The molecule has 0 radical (unpaired) electrons. The molecule has 2 rings (SSSR count). The van der Waals surface area contributed by atoms with Gasteiger partial charge in [0.2, 0.25) is 0 Å². The third-order valence-electron chi connectivity index (χ3n) is 3.14. The molecule has 0 heterocycles. The van der Waals surface area contributed by atoms with Crippen LogP contribution in [-0.4, -0.2) is 34.7 Å². The Kier molecular flexibility index (Phi) is 6.49. The van der Waals surface area contributed by atoms with Gasteiger partial charge in [0.05, 0.1) is 16.7 Å². The van der Waals surface area contributed by atoms with Crippen LogP contribution >= 0.6 is 23.2 Å². The predicted octanol–water partition coefficient (Wildman–Crippen LogP) is 3.69. The van der Waals surface area contributed by atoms with Crippen molar-refractivity contribution in [2.24, 2.45) is 0 Å². The van der Waals surface area contributed by atoms with Crippen molar-refractivity contribution in [2.45, 2.75) is 6.92 Å². The molecule has 0 spiro atoms. The number of benzene rings is 2. The molecule has 0 aliphatic rings. The number of rotatable bonds is 5. The number of carbonyl (C=O) groups excluding carboxylic acids is 2. The highest BCUT2D eigenvalue weighted by molar-refractivity contribution is 6.39. The minimum atomic E-state index is -1.34. The van der Waals surface area contributed by atoms with Crippen molar-refractivity contribution in [3.05, 3.63) is 45.9 Å². The maximum absolute atomic E-state index is 11.7. The lowest BCUT2D eigenvalue weighted by atomic mass is 10.2. The fourth-order valence-corrected chi connectivity index (χ4v) is 2.54. The zero-order chi connectivity index (χ0) is 20.1. The van der Waals surface area contributed by atoms with Crippen LogP contribution in [0.4, 0.5) is 5.69 Å². The third-order valence-corrected chi connectivity index (χ3v) is 3.70. The fraction of sp³-hybridized carbons (Fsp3) is 0.118. The van der Waals surface area contributed by atoms with E-state index in [2.05, 4.69) is 10.1 Å². The average Bonchev–Trinajstić information content (AvgIpc) is 2.59. The molecule has 10 heteroatoms. The van der Waals surface area contributed by atoms with Crippen LogP contribution in [-0.2, 0) is 14.3 Å². The van der Waals surface area contributed by atoms with Crippen molar-refractivity contribution in [3.63, 3.8) is 0 Å². The summed E-state index contributed by atoms with van der Waals surface area (Å²) in [6.45, 7) is 1.61. The molecule has 0 atom stereocenters. The van der Waals surface area contributed by atoms with E-state index in [1.807, 2.05) is 0 Å². The topological polar surface area (TPSA) is 122 Å². The summed E-state index contributed by atoms with van der Waals surface area (Å²) in [5.74, 6) is -3.76. The molecule has 0 aliphatic carbocycles. The Bertz CT molecular complexity index is 891. The first-order valence-corrected chi connectivity index (χ1v) is 8.19. The van der Waals surface area contributed by atoms with E-state index in [1.54, 1.807) is 6.92 Å². The Labute approximate surface area is 163 Å². The van der Waals surface area contributed by atoms with Crippen LogP contribution in [0.5, 0.6) is 17.2 Å². The van der Waals surface area contributed by atoms with Gasteiger partial charge in [0.25, 0.3) is 0 Å². The first-order valence-electron chi connectivity index (χ1n) is 7.44. The van der Waals surface area contributed by atoms with E-state index in [1.165, 1.54) is 18.2 Å². The second-order valence-corrected chi connectivity index (χ2v) is 5.84. The molecule has 142 valence electrons. The van der Waals surface area contributed by atoms with Gasteiger partial charge in [-0.3, -0.25) is 4.79 Å². The summed E-state index contributed by atoms with van der Waals surface area (Å²) in [4.78, 5) is 34.1. The SMILES string of the molecule is CCOC(=O)C(=O)Nc1cc(Cl)c(Oc2ccc(O)c(C(=O)O)c2)c(Cl)c1. The number of phenols is 1. The van der Waals surface area contributed by atoms with Crippen LogP contribution in [0.1, 0.15) is 17.3 Å². The molecule has 0 saturated carbocycles. The van der Waals surface area contributed by atoms with Crippen LogP contribution in [0.15, 0.2) is 30.3 Å². The van der Waals surface area contributed by atoms with E-state index in [9.17, 15) is 19.5 Å². The van der Waals surface area contributed by atoms with Gasteiger partial charge in [-0.2, -0.15) is 0 Å². The number of amides is 1. The van der Waals surface area contributed by atoms with Gasteiger partial charge in [-0.1, -0.05) is 23.2 Å².